The van der Waals surface area contributed by atoms with Crippen LogP contribution in [0.5, 0.6) is 5.75 Å². The summed E-state index contributed by atoms with van der Waals surface area (Å²) in [5.41, 5.74) is 2.45. The number of aromatic amines is 1. The molecule has 1 aliphatic heterocycles. The molecule has 0 saturated carbocycles. The number of H-pyrrole nitrogens is 1. The Kier molecular flexibility index (Phi) is 4.97. The molecule has 4 rings (SSSR count). The fraction of sp³-hybridized carbons (Fsp3) is 0.136. The second kappa shape index (κ2) is 7.75. The van der Waals surface area contributed by atoms with Crippen molar-refractivity contribution in [2.24, 2.45) is 0 Å². The van der Waals surface area contributed by atoms with Crippen molar-refractivity contribution in [1.29, 1.82) is 0 Å². The fourth-order valence-corrected chi connectivity index (χ4v) is 3.15. The van der Waals surface area contributed by atoms with E-state index in [1.807, 2.05) is 6.07 Å². The number of pyridine rings is 1. The zero-order valence-corrected chi connectivity index (χ0v) is 16.4. The van der Waals surface area contributed by atoms with Crippen molar-refractivity contribution in [3.05, 3.63) is 71.1 Å². The topological polar surface area (TPSA) is 114 Å². The number of fused-ring (bicyclic) bond motifs is 1. The summed E-state index contributed by atoms with van der Waals surface area (Å²) in [7, 11) is 0. The number of phenols is 1. The minimum Gasteiger partial charge on any atom is -0.508 e. The van der Waals surface area contributed by atoms with Crippen LogP contribution in [0.25, 0.3) is 17.1 Å². The molecule has 0 saturated heterocycles. The first kappa shape index (κ1) is 19.3. The van der Waals surface area contributed by atoms with Gasteiger partial charge in [-0.3, -0.25) is 4.79 Å². The lowest BCUT2D eigenvalue weighted by Gasteiger charge is -2.11. The van der Waals surface area contributed by atoms with Crippen LogP contribution in [0.15, 0.2) is 59.9 Å². The van der Waals surface area contributed by atoms with Gasteiger partial charge in [0.05, 0.1) is 6.61 Å². The molecule has 152 valence electrons. The van der Waals surface area contributed by atoms with Gasteiger partial charge in [-0.05, 0) is 55.8 Å². The van der Waals surface area contributed by atoms with E-state index in [-0.39, 0.29) is 29.6 Å². The third-order valence-electron chi connectivity index (χ3n) is 4.60. The number of anilines is 1. The largest absolute Gasteiger partial charge is 0.508 e. The minimum absolute atomic E-state index is 0.0123. The summed E-state index contributed by atoms with van der Waals surface area (Å²) in [4.78, 5) is 32.7. The molecule has 3 N–H and O–H groups in total. The van der Waals surface area contributed by atoms with Crippen LogP contribution in [0.4, 0.5) is 5.69 Å². The molecule has 0 bridgehead atoms. The first-order chi connectivity index (χ1) is 14.5. The molecule has 0 fully saturated rings. The van der Waals surface area contributed by atoms with E-state index in [4.69, 9.17) is 9.47 Å². The molecule has 3 aromatic rings. The number of rotatable bonds is 5. The molecule has 3 heterocycles. The van der Waals surface area contributed by atoms with Crippen molar-refractivity contribution < 1.29 is 24.2 Å². The normalized spacial score (nSPS) is 15.0. The van der Waals surface area contributed by atoms with E-state index in [0.29, 0.717) is 22.5 Å². The van der Waals surface area contributed by atoms with Crippen LogP contribution < -0.4 is 5.32 Å². The molecule has 1 aromatic carbocycles. The highest BCUT2D eigenvalue weighted by atomic mass is 16.5. The second-order valence-electron chi connectivity index (χ2n) is 6.63. The molecule has 2 aromatic heterocycles. The standard InChI is InChI=1S/C22H19N3O5/c1-3-29-22(28)18-19(27)17(10-13-11-24-20-15(13)5-4-8-23-20)30-21(18)25-16-7-6-14(26)9-12(16)2/h4-11,25-26H,3H2,1-2H3,(H,23,24). The van der Waals surface area contributed by atoms with Crippen molar-refractivity contribution in [3.8, 4) is 5.75 Å². The smallest absolute Gasteiger partial charge is 0.347 e. The molecule has 30 heavy (non-hydrogen) atoms. The number of phenolic OH excluding ortho intramolecular Hbond substituents is 1. The van der Waals surface area contributed by atoms with Gasteiger partial charge in [0.25, 0.3) is 0 Å². The predicted molar refractivity (Wildman–Crippen MR) is 110 cm³/mol. The Morgan fingerprint density at radius 2 is 2.20 bits per heavy atom. The van der Waals surface area contributed by atoms with E-state index in [9.17, 15) is 14.7 Å². The molecule has 0 atom stereocenters. The molecule has 0 unspecified atom stereocenters. The van der Waals surface area contributed by atoms with Gasteiger partial charge in [-0.25, -0.2) is 9.78 Å². The van der Waals surface area contributed by atoms with Crippen LogP contribution in [0.3, 0.4) is 0 Å². The maximum absolute atomic E-state index is 13.0. The summed E-state index contributed by atoms with van der Waals surface area (Å²) in [5.74, 6) is -1.27. The average Bonchev–Trinajstić information content (AvgIpc) is 3.26. The highest BCUT2D eigenvalue weighted by Gasteiger charge is 2.37. The van der Waals surface area contributed by atoms with Gasteiger partial charge >= 0.3 is 5.97 Å². The number of aryl methyl sites for hydroxylation is 1. The van der Waals surface area contributed by atoms with Crippen molar-refractivity contribution >= 4 is 34.5 Å². The summed E-state index contributed by atoms with van der Waals surface area (Å²) in [6.07, 6.45) is 4.93. The molecular weight excluding hydrogens is 386 g/mol. The molecule has 8 heteroatoms. The Balaban J connectivity index is 1.72. The van der Waals surface area contributed by atoms with Gasteiger partial charge in [0, 0.05) is 29.0 Å². The molecule has 0 radical (unpaired) electrons. The van der Waals surface area contributed by atoms with Crippen LogP contribution in [-0.4, -0.2) is 33.4 Å². The van der Waals surface area contributed by atoms with E-state index in [0.717, 1.165) is 5.39 Å². The van der Waals surface area contributed by atoms with Crippen molar-refractivity contribution in [2.45, 2.75) is 13.8 Å². The van der Waals surface area contributed by atoms with Gasteiger partial charge in [0.1, 0.15) is 11.4 Å². The Morgan fingerprint density at radius 3 is 2.97 bits per heavy atom. The first-order valence-corrected chi connectivity index (χ1v) is 9.32. The van der Waals surface area contributed by atoms with Gasteiger partial charge in [-0.15, -0.1) is 0 Å². The molecule has 1 aliphatic rings. The number of nitrogens with zero attached hydrogens (tertiary/aromatic N) is 1. The number of carbonyl (C=O) groups is 2. The zero-order chi connectivity index (χ0) is 21.3. The number of benzene rings is 1. The lowest BCUT2D eigenvalue weighted by molar-refractivity contribution is -0.139. The van der Waals surface area contributed by atoms with Gasteiger partial charge in [-0.1, -0.05) is 0 Å². The number of ketones is 1. The van der Waals surface area contributed by atoms with Gasteiger partial charge < -0.3 is 24.9 Å². The van der Waals surface area contributed by atoms with Crippen LogP contribution in [0.1, 0.15) is 18.1 Å². The van der Waals surface area contributed by atoms with Crippen LogP contribution >= 0.6 is 0 Å². The molecular formula is C22H19N3O5. The zero-order valence-electron chi connectivity index (χ0n) is 16.4. The summed E-state index contributed by atoms with van der Waals surface area (Å²) in [6, 6.07) is 8.33. The molecule has 0 aliphatic carbocycles. The van der Waals surface area contributed by atoms with Crippen LogP contribution in [0, 0.1) is 6.92 Å². The summed E-state index contributed by atoms with van der Waals surface area (Å²) < 4.78 is 10.8. The van der Waals surface area contributed by atoms with Crippen molar-refractivity contribution in [3.63, 3.8) is 0 Å². The summed E-state index contributed by atoms with van der Waals surface area (Å²) >= 11 is 0. The summed E-state index contributed by atoms with van der Waals surface area (Å²) in [5, 5.41) is 13.4. The van der Waals surface area contributed by atoms with E-state index in [2.05, 4.69) is 15.3 Å². The third-order valence-corrected chi connectivity index (χ3v) is 4.60. The molecule has 0 spiro atoms. The average molecular weight is 405 g/mol. The number of aromatic hydroxyl groups is 1. The second-order valence-corrected chi connectivity index (χ2v) is 6.63. The quantitative estimate of drug-likeness (QED) is 0.258. The number of Topliss-reactive ketones (excluding diaryl/α,β-unsaturated/α-hetero) is 1. The van der Waals surface area contributed by atoms with Crippen molar-refractivity contribution in [1.82, 2.24) is 9.97 Å². The first-order valence-electron chi connectivity index (χ1n) is 9.32. The van der Waals surface area contributed by atoms with E-state index in [1.54, 1.807) is 50.5 Å². The van der Waals surface area contributed by atoms with Crippen LogP contribution in [-0.2, 0) is 19.1 Å². The maximum atomic E-state index is 13.0. The number of allylic oxidation sites excluding steroid dienone is 1. The number of hydrogen-bond acceptors (Lipinski definition) is 7. The Hall–Kier alpha value is -4.07. The Morgan fingerprint density at radius 1 is 1.37 bits per heavy atom. The number of hydrogen-bond donors (Lipinski definition) is 3. The maximum Gasteiger partial charge on any atom is 0.347 e. The SMILES string of the molecule is CCOC(=O)C1=C(Nc2ccc(O)cc2C)OC(=Cc2c[nH]c3ncccc23)C1=O. The van der Waals surface area contributed by atoms with Gasteiger partial charge in [-0.2, -0.15) is 0 Å². The highest BCUT2D eigenvalue weighted by Crippen LogP contribution is 2.31. The number of ether oxygens (including phenoxy) is 2. The fourth-order valence-electron chi connectivity index (χ4n) is 3.15. The third kappa shape index (κ3) is 3.50. The van der Waals surface area contributed by atoms with Gasteiger partial charge in [0.2, 0.25) is 11.7 Å². The van der Waals surface area contributed by atoms with Gasteiger partial charge in [0.15, 0.2) is 11.3 Å². The number of carbonyl (C=O) groups excluding carboxylic acids is 2. The Labute approximate surface area is 171 Å². The summed E-state index contributed by atoms with van der Waals surface area (Å²) in [6.45, 7) is 3.55. The number of esters is 1. The predicted octanol–water partition coefficient (Wildman–Crippen LogP) is 3.40. The number of nitrogens with one attached hydrogen (secondary N) is 2. The number of aromatic nitrogens is 2. The Bertz CT molecular complexity index is 1220. The van der Waals surface area contributed by atoms with Crippen molar-refractivity contribution in [2.75, 3.05) is 11.9 Å². The van der Waals surface area contributed by atoms with E-state index in [1.165, 1.54) is 6.07 Å². The lowest BCUT2D eigenvalue weighted by Crippen LogP contribution is -2.16. The molecule has 0 amide bonds. The van der Waals surface area contributed by atoms with Crippen LogP contribution in [0.2, 0.25) is 0 Å². The molecule has 8 nitrogen and oxygen atoms in total. The van der Waals surface area contributed by atoms with E-state index >= 15 is 0 Å². The monoisotopic (exact) mass is 405 g/mol. The minimum atomic E-state index is -0.773. The lowest BCUT2D eigenvalue weighted by atomic mass is 10.1. The highest BCUT2D eigenvalue weighted by molar-refractivity contribution is 6.26. The van der Waals surface area contributed by atoms with E-state index < -0.39 is 11.8 Å².